The Bertz CT molecular complexity index is 771. The second-order valence-electron chi connectivity index (χ2n) is 5.58. The van der Waals surface area contributed by atoms with Crippen LogP contribution in [0.5, 0.6) is 0 Å². The van der Waals surface area contributed by atoms with Gasteiger partial charge in [-0.05, 0) is 31.0 Å². The molecule has 1 atom stereocenters. The quantitative estimate of drug-likeness (QED) is 0.743. The number of hydrogen-bond acceptors (Lipinski definition) is 1. The molecule has 106 valence electrons. The molecule has 0 saturated heterocycles. The van der Waals surface area contributed by atoms with Crippen molar-refractivity contribution in [1.29, 1.82) is 0 Å². The van der Waals surface area contributed by atoms with Crippen molar-refractivity contribution in [2.24, 2.45) is 0 Å². The first kappa shape index (κ1) is 13.6. The first-order valence-electron chi connectivity index (χ1n) is 7.28. The zero-order valence-corrected chi connectivity index (χ0v) is 12.4. The molecule has 1 unspecified atom stereocenters. The summed E-state index contributed by atoms with van der Waals surface area (Å²) in [5.41, 5.74) is 4.72. The van der Waals surface area contributed by atoms with Crippen molar-refractivity contribution in [3.05, 3.63) is 71.4 Å². The van der Waals surface area contributed by atoms with Crippen LogP contribution in [0, 0.1) is 6.92 Å². The van der Waals surface area contributed by atoms with E-state index in [2.05, 4.69) is 42.2 Å². The van der Waals surface area contributed by atoms with Crippen LogP contribution >= 0.6 is 0 Å². The van der Waals surface area contributed by atoms with Crippen molar-refractivity contribution in [2.45, 2.75) is 26.2 Å². The van der Waals surface area contributed by atoms with Gasteiger partial charge in [0.1, 0.15) is 5.78 Å². The van der Waals surface area contributed by atoms with Gasteiger partial charge in [0, 0.05) is 28.9 Å². The highest BCUT2D eigenvalue weighted by Gasteiger charge is 2.21. The lowest BCUT2D eigenvalue weighted by Gasteiger charge is -2.17. The van der Waals surface area contributed by atoms with Crippen LogP contribution in [-0.4, -0.2) is 10.8 Å². The van der Waals surface area contributed by atoms with E-state index >= 15 is 0 Å². The van der Waals surface area contributed by atoms with Gasteiger partial charge in [-0.3, -0.25) is 4.79 Å². The Balaban J connectivity index is 2.19. The molecule has 0 bridgehead atoms. The number of aromatic amines is 1. The number of fused-ring (bicyclic) bond motifs is 1. The zero-order chi connectivity index (χ0) is 14.8. The summed E-state index contributed by atoms with van der Waals surface area (Å²) >= 11 is 0. The molecule has 2 heteroatoms. The largest absolute Gasteiger partial charge is 0.358 e. The van der Waals surface area contributed by atoms with Gasteiger partial charge in [0.05, 0.1) is 0 Å². The van der Waals surface area contributed by atoms with E-state index < -0.39 is 0 Å². The van der Waals surface area contributed by atoms with E-state index in [1.807, 2.05) is 24.3 Å². The molecule has 1 N–H and O–H groups in total. The standard InChI is InChI=1S/C19H19NO/c1-13(21)12-17(15-8-4-3-5-9-15)19-14(2)20-18-11-7-6-10-16(18)19/h3-11,17,20H,12H2,1-2H3. The molecular formula is C19H19NO. The second-order valence-corrected chi connectivity index (χ2v) is 5.58. The van der Waals surface area contributed by atoms with Crippen molar-refractivity contribution in [3.63, 3.8) is 0 Å². The fourth-order valence-electron chi connectivity index (χ4n) is 3.11. The summed E-state index contributed by atoms with van der Waals surface area (Å²) in [4.78, 5) is 15.2. The first-order valence-corrected chi connectivity index (χ1v) is 7.28. The Morgan fingerprint density at radius 3 is 2.43 bits per heavy atom. The highest BCUT2D eigenvalue weighted by atomic mass is 16.1. The number of carbonyl (C=O) groups excluding carboxylic acids is 1. The maximum Gasteiger partial charge on any atom is 0.130 e. The molecule has 0 fully saturated rings. The SMILES string of the molecule is CC(=O)CC(c1ccccc1)c1c(C)[nH]c2ccccc12. The lowest BCUT2D eigenvalue weighted by molar-refractivity contribution is -0.117. The number of Topliss-reactive ketones (excluding diaryl/α,β-unsaturated/α-hetero) is 1. The van der Waals surface area contributed by atoms with Crippen molar-refractivity contribution < 1.29 is 4.79 Å². The van der Waals surface area contributed by atoms with Crippen molar-refractivity contribution >= 4 is 16.7 Å². The molecule has 0 amide bonds. The van der Waals surface area contributed by atoms with Crippen molar-refractivity contribution in [1.82, 2.24) is 4.98 Å². The molecule has 1 aromatic heterocycles. The Labute approximate surface area is 124 Å². The number of aromatic nitrogens is 1. The van der Waals surface area contributed by atoms with Gasteiger partial charge in [-0.15, -0.1) is 0 Å². The third kappa shape index (κ3) is 2.62. The Morgan fingerprint density at radius 2 is 1.71 bits per heavy atom. The Kier molecular flexibility index (Phi) is 3.61. The second kappa shape index (κ2) is 5.57. The molecule has 0 spiro atoms. The number of carbonyl (C=O) groups is 1. The molecule has 21 heavy (non-hydrogen) atoms. The highest BCUT2D eigenvalue weighted by Crippen LogP contribution is 2.35. The summed E-state index contributed by atoms with van der Waals surface area (Å²) in [6.07, 6.45) is 0.534. The van der Waals surface area contributed by atoms with Crippen LogP contribution in [0.2, 0.25) is 0 Å². The van der Waals surface area contributed by atoms with E-state index in [1.54, 1.807) is 6.92 Å². The van der Waals surface area contributed by atoms with Crippen LogP contribution in [0.25, 0.3) is 10.9 Å². The number of aryl methyl sites for hydroxylation is 1. The van der Waals surface area contributed by atoms with Crippen LogP contribution < -0.4 is 0 Å². The lowest BCUT2D eigenvalue weighted by atomic mass is 9.85. The molecule has 0 aliphatic carbocycles. The molecule has 2 nitrogen and oxygen atoms in total. The van der Waals surface area contributed by atoms with Gasteiger partial charge in [0.25, 0.3) is 0 Å². The minimum absolute atomic E-state index is 0.111. The summed E-state index contributed by atoms with van der Waals surface area (Å²) in [5, 5.41) is 1.21. The maximum atomic E-state index is 11.8. The smallest absolute Gasteiger partial charge is 0.130 e. The average molecular weight is 277 g/mol. The van der Waals surface area contributed by atoms with Gasteiger partial charge in [0.2, 0.25) is 0 Å². The first-order chi connectivity index (χ1) is 10.2. The summed E-state index contributed by atoms with van der Waals surface area (Å²) in [7, 11) is 0. The van der Waals surface area contributed by atoms with Crippen LogP contribution in [0.1, 0.15) is 36.1 Å². The summed E-state index contributed by atoms with van der Waals surface area (Å²) in [6, 6.07) is 18.6. The maximum absolute atomic E-state index is 11.8. The zero-order valence-electron chi connectivity index (χ0n) is 12.4. The normalized spacial score (nSPS) is 12.5. The average Bonchev–Trinajstić information content (AvgIpc) is 2.81. The predicted molar refractivity (Wildman–Crippen MR) is 86.6 cm³/mol. The number of nitrogens with one attached hydrogen (secondary N) is 1. The van der Waals surface area contributed by atoms with Crippen LogP contribution in [-0.2, 0) is 4.79 Å². The Hall–Kier alpha value is -2.35. The summed E-state index contributed by atoms with van der Waals surface area (Å²) in [5.74, 6) is 0.327. The van der Waals surface area contributed by atoms with Gasteiger partial charge in [0.15, 0.2) is 0 Å². The van der Waals surface area contributed by atoms with Gasteiger partial charge in [-0.1, -0.05) is 48.5 Å². The number of rotatable bonds is 4. The molecule has 0 saturated carbocycles. The predicted octanol–water partition coefficient (Wildman–Crippen LogP) is 4.59. The van der Waals surface area contributed by atoms with Gasteiger partial charge in [-0.2, -0.15) is 0 Å². The van der Waals surface area contributed by atoms with E-state index in [0.29, 0.717) is 6.42 Å². The molecule has 0 radical (unpaired) electrons. The number of ketones is 1. The van der Waals surface area contributed by atoms with Gasteiger partial charge < -0.3 is 4.98 Å². The topological polar surface area (TPSA) is 32.9 Å². The van der Waals surface area contributed by atoms with E-state index in [0.717, 1.165) is 11.2 Å². The van der Waals surface area contributed by atoms with Crippen LogP contribution in [0.15, 0.2) is 54.6 Å². The van der Waals surface area contributed by atoms with E-state index in [9.17, 15) is 4.79 Å². The molecular weight excluding hydrogens is 258 g/mol. The fraction of sp³-hybridized carbons (Fsp3) is 0.211. The van der Waals surface area contributed by atoms with Crippen LogP contribution in [0.3, 0.4) is 0 Å². The lowest BCUT2D eigenvalue weighted by Crippen LogP contribution is -2.07. The van der Waals surface area contributed by atoms with E-state index in [1.165, 1.54) is 16.5 Å². The minimum atomic E-state index is 0.111. The van der Waals surface area contributed by atoms with Gasteiger partial charge in [-0.25, -0.2) is 0 Å². The van der Waals surface area contributed by atoms with Crippen LogP contribution in [0.4, 0.5) is 0 Å². The summed E-state index contributed by atoms with van der Waals surface area (Å²) in [6.45, 7) is 3.76. The van der Waals surface area contributed by atoms with E-state index in [4.69, 9.17) is 0 Å². The van der Waals surface area contributed by atoms with Gasteiger partial charge >= 0.3 is 0 Å². The molecule has 0 aliphatic heterocycles. The molecule has 2 aromatic carbocycles. The number of benzene rings is 2. The Morgan fingerprint density at radius 1 is 1.05 bits per heavy atom. The minimum Gasteiger partial charge on any atom is -0.358 e. The highest BCUT2D eigenvalue weighted by molar-refractivity contribution is 5.87. The number of H-pyrrole nitrogens is 1. The van der Waals surface area contributed by atoms with E-state index in [-0.39, 0.29) is 11.7 Å². The monoisotopic (exact) mass is 277 g/mol. The van der Waals surface area contributed by atoms with Crippen molar-refractivity contribution in [2.75, 3.05) is 0 Å². The molecule has 0 aliphatic rings. The number of para-hydroxylation sites is 1. The van der Waals surface area contributed by atoms with Crippen molar-refractivity contribution in [3.8, 4) is 0 Å². The third-order valence-corrected chi connectivity index (χ3v) is 3.99. The summed E-state index contributed by atoms with van der Waals surface area (Å²) < 4.78 is 0. The molecule has 1 heterocycles. The fourth-order valence-corrected chi connectivity index (χ4v) is 3.11. The number of hydrogen-bond donors (Lipinski definition) is 1. The molecule has 3 aromatic rings. The molecule has 3 rings (SSSR count). The third-order valence-electron chi connectivity index (χ3n) is 3.99.